The molecule has 2 nitrogen and oxygen atoms in total. The predicted octanol–water partition coefficient (Wildman–Crippen LogP) is 3.15. The maximum atomic E-state index is 13.5. The molecule has 4 heteroatoms. The van der Waals surface area contributed by atoms with Crippen LogP contribution in [0.3, 0.4) is 0 Å². The highest BCUT2D eigenvalue weighted by Crippen LogP contribution is 2.20. The van der Waals surface area contributed by atoms with Crippen LogP contribution in [0.1, 0.15) is 24.9 Å². The first kappa shape index (κ1) is 12.2. The van der Waals surface area contributed by atoms with Gasteiger partial charge in [-0.1, -0.05) is 28.9 Å². The van der Waals surface area contributed by atoms with E-state index in [2.05, 4.69) is 21.2 Å². The Morgan fingerprint density at radius 2 is 2.33 bits per heavy atom. The van der Waals surface area contributed by atoms with Crippen LogP contribution in [0.5, 0.6) is 0 Å². The van der Waals surface area contributed by atoms with Crippen molar-refractivity contribution in [3.05, 3.63) is 34.1 Å². The van der Waals surface area contributed by atoms with Gasteiger partial charge in [-0.05, 0) is 25.1 Å². The summed E-state index contributed by atoms with van der Waals surface area (Å²) in [5.74, 6) is -0.362. The lowest BCUT2D eigenvalue weighted by molar-refractivity contribution is 0.560. The molecule has 0 fully saturated rings. The molecule has 1 aromatic rings. The number of hydrogen-bond acceptors (Lipinski definition) is 2. The third-order valence-electron chi connectivity index (χ3n) is 2.00. The molecular formula is C11H12BrFN2. The van der Waals surface area contributed by atoms with E-state index in [0.717, 1.165) is 6.42 Å². The van der Waals surface area contributed by atoms with Gasteiger partial charge in [0.15, 0.2) is 0 Å². The Morgan fingerprint density at radius 1 is 1.60 bits per heavy atom. The average molecular weight is 271 g/mol. The summed E-state index contributed by atoms with van der Waals surface area (Å²) in [4.78, 5) is 0. The van der Waals surface area contributed by atoms with E-state index in [1.54, 1.807) is 12.1 Å². The van der Waals surface area contributed by atoms with Crippen molar-refractivity contribution in [3.63, 3.8) is 0 Å². The molecule has 80 valence electrons. The number of benzene rings is 1. The molecular weight excluding hydrogens is 259 g/mol. The van der Waals surface area contributed by atoms with Gasteiger partial charge in [0.1, 0.15) is 11.9 Å². The molecule has 1 rings (SSSR count). The van der Waals surface area contributed by atoms with Crippen molar-refractivity contribution in [2.45, 2.75) is 19.4 Å². The highest BCUT2D eigenvalue weighted by molar-refractivity contribution is 9.10. The topological polar surface area (TPSA) is 35.8 Å². The summed E-state index contributed by atoms with van der Waals surface area (Å²) in [6.07, 6.45) is 0.913. The third-order valence-corrected chi connectivity index (χ3v) is 2.49. The number of nitrogens with zero attached hydrogens (tertiary/aromatic N) is 1. The summed E-state index contributed by atoms with van der Waals surface area (Å²) in [6, 6.07) is 6.20. The van der Waals surface area contributed by atoms with Crippen molar-refractivity contribution in [2.75, 3.05) is 6.54 Å². The Hall–Kier alpha value is -0.920. The van der Waals surface area contributed by atoms with Gasteiger partial charge in [-0.3, -0.25) is 5.32 Å². The Balaban J connectivity index is 2.88. The number of nitrogens with one attached hydrogen (secondary N) is 1. The van der Waals surface area contributed by atoms with Gasteiger partial charge in [0, 0.05) is 10.0 Å². The first-order valence-corrected chi connectivity index (χ1v) is 5.56. The molecule has 0 spiro atoms. The van der Waals surface area contributed by atoms with Crippen LogP contribution >= 0.6 is 15.9 Å². The molecule has 1 aromatic carbocycles. The minimum Gasteiger partial charge on any atom is -0.298 e. The van der Waals surface area contributed by atoms with Crippen LogP contribution in [0, 0.1) is 17.1 Å². The first-order valence-electron chi connectivity index (χ1n) is 4.77. The van der Waals surface area contributed by atoms with Crippen LogP contribution in [0.4, 0.5) is 4.39 Å². The minimum absolute atomic E-state index is 0.362. The van der Waals surface area contributed by atoms with Gasteiger partial charge >= 0.3 is 0 Å². The molecule has 0 saturated heterocycles. The lowest BCUT2D eigenvalue weighted by Crippen LogP contribution is -2.21. The van der Waals surface area contributed by atoms with E-state index in [9.17, 15) is 4.39 Å². The van der Waals surface area contributed by atoms with E-state index in [4.69, 9.17) is 5.26 Å². The zero-order chi connectivity index (χ0) is 11.3. The highest BCUT2D eigenvalue weighted by Gasteiger charge is 2.13. The van der Waals surface area contributed by atoms with Crippen molar-refractivity contribution in [2.24, 2.45) is 0 Å². The molecule has 0 aliphatic rings. The quantitative estimate of drug-likeness (QED) is 0.913. The summed E-state index contributed by atoms with van der Waals surface area (Å²) in [5.41, 5.74) is 0.397. The van der Waals surface area contributed by atoms with Crippen LogP contribution in [-0.4, -0.2) is 6.54 Å². The van der Waals surface area contributed by atoms with Gasteiger partial charge < -0.3 is 0 Å². The maximum Gasteiger partial charge on any atom is 0.130 e. The SMILES string of the molecule is CCCNC(C#N)c1ccc(Br)cc1F. The van der Waals surface area contributed by atoms with E-state index >= 15 is 0 Å². The van der Waals surface area contributed by atoms with E-state index in [1.165, 1.54) is 6.07 Å². The van der Waals surface area contributed by atoms with Crippen molar-refractivity contribution in [1.82, 2.24) is 5.32 Å². The maximum absolute atomic E-state index is 13.5. The Morgan fingerprint density at radius 3 is 2.87 bits per heavy atom. The summed E-state index contributed by atoms with van der Waals surface area (Å²) < 4.78 is 14.2. The molecule has 1 N–H and O–H groups in total. The fourth-order valence-electron chi connectivity index (χ4n) is 1.25. The second kappa shape index (κ2) is 5.84. The number of hydrogen-bond donors (Lipinski definition) is 1. The number of nitriles is 1. The van der Waals surface area contributed by atoms with Gasteiger partial charge in [-0.15, -0.1) is 0 Å². The van der Waals surface area contributed by atoms with Crippen LogP contribution < -0.4 is 5.32 Å². The molecule has 0 saturated carbocycles. The molecule has 0 amide bonds. The van der Waals surface area contributed by atoms with Gasteiger partial charge in [0.25, 0.3) is 0 Å². The smallest absolute Gasteiger partial charge is 0.130 e. The van der Waals surface area contributed by atoms with Gasteiger partial charge in [-0.2, -0.15) is 5.26 Å². The average Bonchev–Trinajstić information content (AvgIpc) is 2.21. The molecule has 1 unspecified atom stereocenters. The Labute approximate surface area is 97.2 Å². The molecule has 0 radical (unpaired) electrons. The summed E-state index contributed by atoms with van der Waals surface area (Å²) >= 11 is 3.18. The van der Waals surface area contributed by atoms with Crippen molar-refractivity contribution < 1.29 is 4.39 Å². The standard InChI is InChI=1S/C11H12BrFN2/c1-2-5-15-11(7-14)9-4-3-8(12)6-10(9)13/h3-4,6,11,15H,2,5H2,1H3. The predicted molar refractivity (Wildman–Crippen MR) is 60.7 cm³/mol. The largest absolute Gasteiger partial charge is 0.298 e. The molecule has 0 bridgehead atoms. The van der Waals surface area contributed by atoms with Crippen LogP contribution in [0.25, 0.3) is 0 Å². The molecule has 1 atom stereocenters. The first-order chi connectivity index (χ1) is 7.19. The Bertz CT molecular complexity index is 373. The minimum atomic E-state index is -0.571. The number of rotatable bonds is 4. The fourth-order valence-corrected chi connectivity index (χ4v) is 1.58. The zero-order valence-electron chi connectivity index (χ0n) is 8.43. The van der Waals surface area contributed by atoms with Crippen molar-refractivity contribution in [3.8, 4) is 6.07 Å². The molecule has 0 aromatic heterocycles. The van der Waals surface area contributed by atoms with Gasteiger partial charge in [0.2, 0.25) is 0 Å². The van der Waals surface area contributed by atoms with Gasteiger partial charge in [-0.25, -0.2) is 4.39 Å². The monoisotopic (exact) mass is 270 g/mol. The lowest BCUT2D eigenvalue weighted by Gasteiger charge is -2.11. The molecule has 0 heterocycles. The van der Waals surface area contributed by atoms with E-state index in [0.29, 0.717) is 16.6 Å². The number of halogens is 2. The third kappa shape index (κ3) is 3.29. The fraction of sp³-hybridized carbons (Fsp3) is 0.364. The summed E-state index contributed by atoms with van der Waals surface area (Å²) in [6.45, 7) is 2.70. The molecule has 0 aliphatic carbocycles. The summed E-state index contributed by atoms with van der Waals surface area (Å²) in [5, 5.41) is 11.9. The van der Waals surface area contributed by atoms with Crippen LogP contribution in [-0.2, 0) is 0 Å². The van der Waals surface area contributed by atoms with E-state index in [1.807, 2.05) is 13.0 Å². The highest BCUT2D eigenvalue weighted by atomic mass is 79.9. The van der Waals surface area contributed by atoms with Crippen molar-refractivity contribution >= 4 is 15.9 Å². The van der Waals surface area contributed by atoms with Crippen LogP contribution in [0.15, 0.2) is 22.7 Å². The van der Waals surface area contributed by atoms with E-state index < -0.39 is 6.04 Å². The summed E-state index contributed by atoms with van der Waals surface area (Å²) in [7, 11) is 0. The normalized spacial score (nSPS) is 12.1. The van der Waals surface area contributed by atoms with Gasteiger partial charge in [0.05, 0.1) is 6.07 Å². The van der Waals surface area contributed by atoms with E-state index in [-0.39, 0.29) is 5.82 Å². The van der Waals surface area contributed by atoms with Crippen molar-refractivity contribution in [1.29, 1.82) is 5.26 Å². The second-order valence-corrected chi connectivity index (χ2v) is 4.10. The second-order valence-electron chi connectivity index (χ2n) is 3.18. The zero-order valence-corrected chi connectivity index (χ0v) is 10.0. The van der Waals surface area contributed by atoms with Crippen LogP contribution in [0.2, 0.25) is 0 Å². The Kier molecular flexibility index (Phi) is 4.73. The molecule has 15 heavy (non-hydrogen) atoms. The lowest BCUT2D eigenvalue weighted by atomic mass is 10.1. The molecule has 0 aliphatic heterocycles.